The zero-order valence-electron chi connectivity index (χ0n) is 21.4. The number of rotatable bonds is 4. The van der Waals surface area contributed by atoms with Gasteiger partial charge in [0.25, 0.3) is 0 Å². The first-order chi connectivity index (χ1) is 19.4. The van der Waals surface area contributed by atoms with Gasteiger partial charge < -0.3 is 4.90 Å². The van der Waals surface area contributed by atoms with Gasteiger partial charge in [0, 0.05) is 17.1 Å². The summed E-state index contributed by atoms with van der Waals surface area (Å²) in [7, 11) is 0. The van der Waals surface area contributed by atoms with Gasteiger partial charge in [-0.25, -0.2) is 0 Å². The van der Waals surface area contributed by atoms with Crippen LogP contribution in [0.25, 0.3) is 54.2 Å². The van der Waals surface area contributed by atoms with Gasteiger partial charge in [-0.05, 0) is 90.6 Å². The van der Waals surface area contributed by atoms with Crippen LogP contribution in [-0.4, -0.2) is 0 Å². The highest BCUT2D eigenvalue weighted by Gasteiger charge is 2.16. The summed E-state index contributed by atoms with van der Waals surface area (Å²) in [6.45, 7) is 0. The maximum absolute atomic E-state index is 2.32. The van der Waals surface area contributed by atoms with Gasteiger partial charge in [-0.3, -0.25) is 0 Å². The van der Waals surface area contributed by atoms with Crippen LogP contribution in [0.4, 0.5) is 17.1 Å². The number of anilines is 3. The van der Waals surface area contributed by atoms with Crippen molar-refractivity contribution in [2.45, 2.75) is 0 Å². The van der Waals surface area contributed by atoms with Crippen LogP contribution < -0.4 is 4.90 Å². The lowest BCUT2D eigenvalue weighted by atomic mass is 9.86. The van der Waals surface area contributed by atoms with E-state index in [9.17, 15) is 0 Å². The fourth-order valence-electron chi connectivity index (χ4n) is 6.27. The summed E-state index contributed by atoms with van der Waals surface area (Å²) in [5.74, 6) is 0. The summed E-state index contributed by atoms with van der Waals surface area (Å²) in [4.78, 5) is 2.31. The normalized spacial score (nSPS) is 11.6. The first kappa shape index (κ1) is 21.9. The summed E-state index contributed by atoms with van der Waals surface area (Å²) in [5, 5.41) is 10.6. The second-order valence-corrected chi connectivity index (χ2v) is 10.2. The van der Waals surface area contributed by atoms with Gasteiger partial charge in [0.15, 0.2) is 0 Å². The Kier molecular flexibility index (Phi) is 4.89. The largest absolute Gasteiger partial charge is 0.311 e. The first-order valence-corrected chi connectivity index (χ1v) is 13.5. The minimum absolute atomic E-state index is 1.14. The smallest absolute Gasteiger partial charge is 0.0462 e. The summed E-state index contributed by atoms with van der Waals surface area (Å²) in [6.07, 6.45) is 0. The van der Waals surface area contributed by atoms with E-state index in [0.717, 1.165) is 17.1 Å². The van der Waals surface area contributed by atoms with Crippen molar-refractivity contribution in [3.05, 3.63) is 152 Å². The zero-order valence-corrected chi connectivity index (χ0v) is 21.4. The molecule has 0 aliphatic rings. The lowest BCUT2D eigenvalue weighted by Gasteiger charge is -2.25. The lowest BCUT2D eigenvalue weighted by molar-refractivity contribution is 1.28. The standard InChI is InChI=1S/C38H25N/c1-3-11-28(12-4-1)39(29-13-5-2-6-14-29)30-21-18-26(19-22-30)31-24-25-36-33-16-8-7-15-32(33)34-17-9-10-27-20-23-35(31)38(36)37(27)34/h1-25H. The Bertz CT molecular complexity index is 2050. The van der Waals surface area contributed by atoms with Crippen molar-refractivity contribution in [3.8, 4) is 11.1 Å². The van der Waals surface area contributed by atoms with Gasteiger partial charge in [0.2, 0.25) is 0 Å². The summed E-state index contributed by atoms with van der Waals surface area (Å²) >= 11 is 0. The molecule has 8 rings (SSSR count). The molecule has 39 heavy (non-hydrogen) atoms. The molecule has 0 aliphatic heterocycles. The van der Waals surface area contributed by atoms with Crippen molar-refractivity contribution in [2.75, 3.05) is 4.90 Å². The number of hydrogen-bond acceptors (Lipinski definition) is 1. The van der Waals surface area contributed by atoms with Gasteiger partial charge in [0.05, 0.1) is 0 Å². The van der Waals surface area contributed by atoms with E-state index < -0.39 is 0 Å². The molecule has 8 aromatic carbocycles. The number of fused-ring (bicyclic) bond motifs is 3. The highest BCUT2D eigenvalue weighted by atomic mass is 15.1. The molecule has 1 nitrogen and oxygen atoms in total. The third kappa shape index (κ3) is 3.41. The molecule has 0 heterocycles. The van der Waals surface area contributed by atoms with Gasteiger partial charge in [-0.2, -0.15) is 0 Å². The van der Waals surface area contributed by atoms with Gasteiger partial charge in [-0.15, -0.1) is 0 Å². The number of para-hydroxylation sites is 2. The Hall–Kier alpha value is -5.14. The molecule has 0 N–H and O–H groups in total. The predicted molar refractivity (Wildman–Crippen MR) is 168 cm³/mol. The summed E-state index contributed by atoms with van der Waals surface area (Å²) in [5.41, 5.74) is 5.92. The molecule has 8 aromatic rings. The number of hydrogen-bond donors (Lipinski definition) is 0. The molecular weight excluding hydrogens is 470 g/mol. The van der Waals surface area contributed by atoms with Crippen LogP contribution in [0.15, 0.2) is 152 Å². The minimum atomic E-state index is 1.14. The van der Waals surface area contributed by atoms with Crippen molar-refractivity contribution in [1.82, 2.24) is 0 Å². The van der Waals surface area contributed by atoms with Crippen molar-refractivity contribution in [3.63, 3.8) is 0 Å². The maximum atomic E-state index is 2.32. The fourth-order valence-corrected chi connectivity index (χ4v) is 6.27. The van der Waals surface area contributed by atoms with E-state index in [1.807, 2.05) is 0 Å². The van der Waals surface area contributed by atoms with Gasteiger partial charge in [0.1, 0.15) is 0 Å². The van der Waals surface area contributed by atoms with Gasteiger partial charge in [-0.1, -0.05) is 115 Å². The molecule has 0 aromatic heterocycles. The molecule has 0 fully saturated rings. The van der Waals surface area contributed by atoms with E-state index >= 15 is 0 Å². The van der Waals surface area contributed by atoms with Crippen molar-refractivity contribution >= 4 is 60.2 Å². The molecule has 0 bridgehead atoms. The molecule has 0 aliphatic carbocycles. The highest BCUT2D eigenvalue weighted by Crippen LogP contribution is 2.44. The second-order valence-electron chi connectivity index (χ2n) is 10.2. The van der Waals surface area contributed by atoms with E-state index in [0.29, 0.717) is 0 Å². The quantitative estimate of drug-likeness (QED) is 0.173. The fraction of sp³-hybridized carbons (Fsp3) is 0. The third-order valence-electron chi connectivity index (χ3n) is 7.99. The van der Waals surface area contributed by atoms with Crippen LogP contribution in [-0.2, 0) is 0 Å². The molecule has 0 saturated heterocycles. The third-order valence-corrected chi connectivity index (χ3v) is 7.99. The maximum Gasteiger partial charge on any atom is 0.0462 e. The molecule has 0 amide bonds. The summed E-state index contributed by atoms with van der Waals surface area (Å²) < 4.78 is 0. The topological polar surface area (TPSA) is 3.24 Å². The molecular formula is C38H25N. The van der Waals surface area contributed by atoms with E-state index in [1.165, 1.54) is 54.2 Å². The average molecular weight is 496 g/mol. The molecule has 1 heteroatoms. The van der Waals surface area contributed by atoms with Crippen LogP contribution in [0.2, 0.25) is 0 Å². The van der Waals surface area contributed by atoms with Crippen molar-refractivity contribution in [1.29, 1.82) is 0 Å². The van der Waals surface area contributed by atoms with Crippen molar-refractivity contribution < 1.29 is 0 Å². The summed E-state index contributed by atoms with van der Waals surface area (Å²) in [6, 6.07) is 54.8. The molecule has 0 saturated carbocycles. The SMILES string of the molecule is c1ccc(N(c2ccccc2)c2ccc(-c3ccc4c5ccccc5c5cccc6ccc3c4c65)cc2)cc1. The zero-order chi connectivity index (χ0) is 25.8. The highest BCUT2D eigenvalue weighted by molar-refractivity contribution is 6.35. The van der Waals surface area contributed by atoms with E-state index in [1.54, 1.807) is 0 Å². The average Bonchev–Trinajstić information content (AvgIpc) is 3.02. The monoisotopic (exact) mass is 495 g/mol. The number of nitrogens with zero attached hydrogens (tertiary/aromatic N) is 1. The van der Waals surface area contributed by atoms with Crippen LogP contribution in [0, 0.1) is 0 Å². The number of benzene rings is 8. The molecule has 0 unspecified atom stereocenters. The predicted octanol–water partition coefficient (Wildman–Crippen LogP) is 10.9. The van der Waals surface area contributed by atoms with Crippen LogP contribution in [0.5, 0.6) is 0 Å². The Morgan fingerprint density at radius 3 is 1.51 bits per heavy atom. The van der Waals surface area contributed by atoms with Crippen LogP contribution in [0.3, 0.4) is 0 Å². The Morgan fingerprint density at radius 2 is 0.846 bits per heavy atom. The Morgan fingerprint density at radius 1 is 0.308 bits per heavy atom. The Balaban J connectivity index is 1.32. The van der Waals surface area contributed by atoms with Crippen LogP contribution >= 0.6 is 0 Å². The Labute approximate surface area is 227 Å². The first-order valence-electron chi connectivity index (χ1n) is 13.5. The second kappa shape index (κ2) is 8.72. The van der Waals surface area contributed by atoms with Gasteiger partial charge >= 0.3 is 0 Å². The molecule has 0 radical (unpaired) electrons. The molecule has 182 valence electrons. The van der Waals surface area contributed by atoms with Crippen molar-refractivity contribution in [2.24, 2.45) is 0 Å². The molecule has 0 spiro atoms. The molecule has 0 atom stereocenters. The van der Waals surface area contributed by atoms with Crippen LogP contribution in [0.1, 0.15) is 0 Å². The van der Waals surface area contributed by atoms with E-state index in [-0.39, 0.29) is 0 Å². The minimum Gasteiger partial charge on any atom is -0.311 e. The van der Waals surface area contributed by atoms with E-state index in [4.69, 9.17) is 0 Å². The lowest BCUT2D eigenvalue weighted by Crippen LogP contribution is -2.09. The van der Waals surface area contributed by atoms with E-state index in [2.05, 4.69) is 157 Å².